The van der Waals surface area contributed by atoms with Gasteiger partial charge in [-0.05, 0) is 48.2 Å². The third-order valence-electron chi connectivity index (χ3n) is 3.32. The van der Waals surface area contributed by atoms with E-state index in [1.54, 1.807) is 24.3 Å². The summed E-state index contributed by atoms with van der Waals surface area (Å²) < 4.78 is 0. The molecule has 0 aromatic heterocycles. The maximum Gasteiger partial charge on any atom is 0.251 e. The van der Waals surface area contributed by atoms with Crippen LogP contribution in [0.25, 0.3) is 11.1 Å². The Morgan fingerprint density at radius 1 is 1.15 bits per heavy atom. The van der Waals surface area contributed by atoms with Gasteiger partial charge in [-0.3, -0.25) is 4.79 Å². The normalized spacial score (nSPS) is 14.1. The van der Waals surface area contributed by atoms with Gasteiger partial charge < -0.3 is 10.4 Å². The molecule has 0 bridgehead atoms. The maximum atomic E-state index is 12.0. The fourth-order valence-electron chi connectivity index (χ4n) is 2.02. The predicted octanol–water partition coefficient (Wildman–Crippen LogP) is 3.60. The minimum atomic E-state index is -0.0424. The van der Waals surface area contributed by atoms with Crippen molar-refractivity contribution in [3.63, 3.8) is 0 Å². The van der Waals surface area contributed by atoms with Crippen molar-refractivity contribution < 1.29 is 9.90 Å². The molecular weight excluding hydrogens is 274 g/mol. The van der Waals surface area contributed by atoms with Crippen LogP contribution in [-0.4, -0.2) is 17.1 Å². The molecule has 0 atom stereocenters. The van der Waals surface area contributed by atoms with Crippen LogP contribution in [0.5, 0.6) is 5.75 Å². The van der Waals surface area contributed by atoms with E-state index < -0.39 is 0 Å². The first-order valence-electron chi connectivity index (χ1n) is 6.53. The van der Waals surface area contributed by atoms with Crippen molar-refractivity contribution >= 4 is 17.5 Å². The summed E-state index contributed by atoms with van der Waals surface area (Å²) in [4.78, 5) is 12.0. The summed E-state index contributed by atoms with van der Waals surface area (Å²) in [6, 6.07) is 12.7. The molecule has 1 aliphatic carbocycles. The van der Waals surface area contributed by atoms with Crippen molar-refractivity contribution in [1.29, 1.82) is 0 Å². The van der Waals surface area contributed by atoms with E-state index in [-0.39, 0.29) is 11.7 Å². The number of amides is 1. The van der Waals surface area contributed by atoms with E-state index in [0.29, 0.717) is 16.6 Å². The third-order valence-corrected chi connectivity index (χ3v) is 3.62. The molecule has 1 amide bonds. The average Bonchev–Trinajstić information content (AvgIpc) is 3.26. The molecule has 0 saturated heterocycles. The minimum absolute atomic E-state index is 0.0424. The molecule has 1 aliphatic rings. The van der Waals surface area contributed by atoms with E-state index in [4.69, 9.17) is 11.6 Å². The molecule has 0 heterocycles. The number of hydrogen-bond acceptors (Lipinski definition) is 2. The summed E-state index contributed by atoms with van der Waals surface area (Å²) in [6.45, 7) is 0. The number of carbonyl (C=O) groups is 1. The van der Waals surface area contributed by atoms with E-state index in [0.717, 1.165) is 24.0 Å². The first-order valence-corrected chi connectivity index (χ1v) is 6.91. The Balaban J connectivity index is 1.89. The van der Waals surface area contributed by atoms with Crippen molar-refractivity contribution in [3.05, 3.63) is 53.1 Å². The largest absolute Gasteiger partial charge is 0.506 e. The summed E-state index contributed by atoms with van der Waals surface area (Å²) in [7, 11) is 0. The Bertz CT molecular complexity index is 665. The van der Waals surface area contributed by atoms with Crippen LogP contribution in [-0.2, 0) is 0 Å². The highest BCUT2D eigenvalue weighted by Gasteiger charge is 2.23. The predicted molar refractivity (Wildman–Crippen MR) is 79.0 cm³/mol. The van der Waals surface area contributed by atoms with E-state index >= 15 is 0 Å². The topological polar surface area (TPSA) is 49.3 Å². The maximum absolute atomic E-state index is 12.0. The molecule has 0 unspecified atom stereocenters. The summed E-state index contributed by atoms with van der Waals surface area (Å²) in [5.41, 5.74) is 2.41. The second-order valence-electron chi connectivity index (χ2n) is 4.99. The third kappa shape index (κ3) is 2.78. The number of nitrogens with one attached hydrogen (secondary N) is 1. The van der Waals surface area contributed by atoms with Gasteiger partial charge in [0.2, 0.25) is 0 Å². The lowest BCUT2D eigenvalue weighted by molar-refractivity contribution is 0.0951. The molecule has 2 aromatic carbocycles. The second kappa shape index (κ2) is 5.17. The van der Waals surface area contributed by atoms with Crippen LogP contribution in [0.15, 0.2) is 42.5 Å². The van der Waals surface area contributed by atoms with Crippen molar-refractivity contribution in [2.24, 2.45) is 0 Å². The summed E-state index contributed by atoms with van der Waals surface area (Å²) in [6.07, 6.45) is 2.14. The quantitative estimate of drug-likeness (QED) is 0.906. The van der Waals surface area contributed by atoms with E-state index in [9.17, 15) is 9.90 Å². The molecule has 3 nitrogen and oxygen atoms in total. The van der Waals surface area contributed by atoms with Gasteiger partial charge in [-0.15, -0.1) is 0 Å². The Morgan fingerprint density at radius 2 is 1.90 bits per heavy atom. The van der Waals surface area contributed by atoms with Crippen LogP contribution in [0.1, 0.15) is 23.2 Å². The monoisotopic (exact) mass is 287 g/mol. The number of hydrogen-bond donors (Lipinski definition) is 2. The molecule has 4 heteroatoms. The Labute approximate surface area is 122 Å². The smallest absolute Gasteiger partial charge is 0.251 e. The second-order valence-corrected chi connectivity index (χ2v) is 5.40. The van der Waals surface area contributed by atoms with Gasteiger partial charge in [0.15, 0.2) is 0 Å². The van der Waals surface area contributed by atoms with Gasteiger partial charge in [0.05, 0.1) is 5.02 Å². The van der Waals surface area contributed by atoms with Crippen LogP contribution >= 0.6 is 11.6 Å². The Morgan fingerprint density at radius 3 is 2.60 bits per heavy atom. The van der Waals surface area contributed by atoms with Gasteiger partial charge in [0.25, 0.3) is 5.91 Å². The number of carbonyl (C=O) groups excluding carboxylic acids is 1. The molecule has 0 radical (unpaired) electrons. The van der Waals surface area contributed by atoms with Gasteiger partial charge in [0, 0.05) is 11.6 Å². The molecule has 0 aliphatic heterocycles. The van der Waals surface area contributed by atoms with Gasteiger partial charge in [0.1, 0.15) is 5.75 Å². The molecule has 1 saturated carbocycles. The van der Waals surface area contributed by atoms with Crippen molar-refractivity contribution in [2.45, 2.75) is 18.9 Å². The number of halogens is 1. The van der Waals surface area contributed by atoms with Crippen molar-refractivity contribution in [3.8, 4) is 16.9 Å². The molecule has 3 rings (SSSR count). The highest BCUT2D eigenvalue weighted by Crippen LogP contribution is 2.29. The summed E-state index contributed by atoms with van der Waals surface area (Å²) in [5.74, 6) is 0.0114. The van der Waals surface area contributed by atoms with Crippen LogP contribution in [0.3, 0.4) is 0 Å². The minimum Gasteiger partial charge on any atom is -0.506 e. The van der Waals surface area contributed by atoms with Crippen LogP contribution < -0.4 is 5.32 Å². The SMILES string of the molecule is O=C(NC1CC1)c1cccc(-c2ccc(O)c(Cl)c2)c1. The van der Waals surface area contributed by atoms with Gasteiger partial charge >= 0.3 is 0 Å². The summed E-state index contributed by atoms with van der Waals surface area (Å²) >= 11 is 5.91. The number of rotatable bonds is 3. The van der Waals surface area contributed by atoms with Crippen LogP contribution in [0.2, 0.25) is 5.02 Å². The lowest BCUT2D eigenvalue weighted by Gasteiger charge is -2.07. The van der Waals surface area contributed by atoms with Gasteiger partial charge in [-0.1, -0.05) is 29.8 Å². The lowest BCUT2D eigenvalue weighted by atomic mass is 10.0. The lowest BCUT2D eigenvalue weighted by Crippen LogP contribution is -2.25. The first kappa shape index (κ1) is 13.0. The fourth-order valence-corrected chi connectivity index (χ4v) is 2.20. The Hall–Kier alpha value is -2.00. The molecule has 2 N–H and O–H groups in total. The zero-order chi connectivity index (χ0) is 14.1. The zero-order valence-electron chi connectivity index (χ0n) is 10.8. The molecule has 0 spiro atoms. The standard InChI is InChI=1S/C16H14ClNO2/c17-14-9-11(4-7-15(14)19)10-2-1-3-12(8-10)16(20)18-13-5-6-13/h1-4,7-9,13,19H,5-6H2,(H,18,20). The Kier molecular flexibility index (Phi) is 3.36. The fraction of sp³-hybridized carbons (Fsp3) is 0.188. The highest BCUT2D eigenvalue weighted by molar-refractivity contribution is 6.32. The number of phenolic OH excluding ortho intramolecular Hbond substituents is 1. The molecule has 102 valence electrons. The molecule has 2 aromatic rings. The first-order chi connectivity index (χ1) is 9.63. The van der Waals surface area contributed by atoms with Gasteiger partial charge in [-0.2, -0.15) is 0 Å². The van der Waals surface area contributed by atoms with E-state index in [1.165, 1.54) is 0 Å². The number of phenols is 1. The van der Waals surface area contributed by atoms with Crippen molar-refractivity contribution in [2.75, 3.05) is 0 Å². The molecule has 20 heavy (non-hydrogen) atoms. The van der Waals surface area contributed by atoms with Crippen LogP contribution in [0.4, 0.5) is 0 Å². The van der Waals surface area contributed by atoms with Crippen LogP contribution in [0, 0.1) is 0 Å². The van der Waals surface area contributed by atoms with Crippen molar-refractivity contribution in [1.82, 2.24) is 5.32 Å². The molecular formula is C16H14ClNO2. The summed E-state index contributed by atoms with van der Waals surface area (Å²) in [5, 5.41) is 12.7. The zero-order valence-corrected chi connectivity index (χ0v) is 11.5. The van der Waals surface area contributed by atoms with Gasteiger partial charge in [-0.25, -0.2) is 0 Å². The van der Waals surface area contributed by atoms with E-state index in [1.807, 2.05) is 18.2 Å². The average molecular weight is 288 g/mol. The number of benzene rings is 2. The number of aromatic hydroxyl groups is 1. The van der Waals surface area contributed by atoms with E-state index in [2.05, 4.69) is 5.32 Å². The molecule has 1 fully saturated rings. The highest BCUT2D eigenvalue weighted by atomic mass is 35.5.